The van der Waals surface area contributed by atoms with Crippen LogP contribution in [0.2, 0.25) is 0 Å². The number of benzene rings is 2. The molecule has 29 heavy (non-hydrogen) atoms. The van der Waals surface area contributed by atoms with Crippen LogP contribution in [-0.4, -0.2) is 20.5 Å². The zero-order valence-electron chi connectivity index (χ0n) is 16.1. The Kier molecular flexibility index (Phi) is 4.91. The molecule has 0 fully saturated rings. The average Bonchev–Trinajstić information content (AvgIpc) is 3.06. The van der Waals surface area contributed by atoms with Crippen molar-refractivity contribution < 1.29 is 4.39 Å². The second-order valence-electron chi connectivity index (χ2n) is 6.68. The van der Waals surface area contributed by atoms with E-state index in [1.165, 1.54) is 16.8 Å². The van der Waals surface area contributed by atoms with Crippen molar-refractivity contribution in [2.24, 2.45) is 4.99 Å². The summed E-state index contributed by atoms with van der Waals surface area (Å²) in [7, 11) is 0. The van der Waals surface area contributed by atoms with Crippen LogP contribution in [0, 0.1) is 12.7 Å². The van der Waals surface area contributed by atoms with Crippen LogP contribution in [0.3, 0.4) is 0 Å². The maximum atomic E-state index is 13.3. The molecule has 0 unspecified atom stereocenters. The van der Waals surface area contributed by atoms with E-state index in [-0.39, 0.29) is 11.4 Å². The van der Waals surface area contributed by atoms with E-state index in [1.807, 2.05) is 49.4 Å². The third kappa shape index (κ3) is 3.78. The fourth-order valence-electron chi connectivity index (χ4n) is 3.18. The summed E-state index contributed by atoms with van der Waals surface area (Å²) >= 11 is 0. The molecule has 0 aliphatic carbocycles. The fraction of sp³-hybridized carbons (Fsp3) is 0.0870. The summed E-state index contributed by atoms with van der Waals surface area (Å²) in [6.45, 7) is 3.68. The van der Waals surface area contributed by atoms with Crippen LogP contribution in [0.5, 0.6) is 0 Å². The van der Waals surface area contributed by atoms with Gasteiger partial charge in [-0.1, -0.05) is 36.4 Å². The maximum absolute atomic E-state index is 13.3. The SMILES string of the molecule is C/C(=N/c1cccc(C)n1)c1c(-c2ccccc2)[nH]n(-c2ccc(F)cc2)c1=O. The first-order valence-corrected chi connectivity index (χ1v) is 9.18. The van der Waals surface area contributed by atoms with E-state index in [4.69, 9.17) is 0 Å². The molecule has 6 heteroatoms. The normalized spacial score (nSPS) is 11.6. The molecule has 4 rings (SSSR count). The monoisotopic (exact) mass is 386 g/mol. The average molecular weight is 386 g/mol. The number of aryl methyl sites for hydroxylation is 1. The highest BCUT2D eigenvalue weighted by Crippen LogP contribution is 2.22. The number of nitrogens with zero attached hydrogens (tertiary/aromatic N) is 3. The molecule has 2 aromatic carbocycles. The van der Waals surface area contributed by atoms with E-state index in [0.717, 1.165) is 11.3 Å². The fourth-order valence-corrected chi connectivity index (χ4v) is 3.18. The van der Waals surface area contributed by atoms with E-state index < -0.39 is 0 Å². The standard InChI is InChI=1S/C23H19FN4O/c1-15-7-6-10-20(25-15)26-16(2)21-22(17-8-4-3-5-9-17)27-28(23(21)29)19-13-11-18(24)12-14-19/h3-14,27H,1-2H3/b26-16-. The summed E-state index contributed by atoms with van der Waals surface area (Å²) in [5, 5.41) is 3.16. The van der Waals surface area contributed by atoms with E-state index in [0.29, 0.717) is 28.5 Å². The predicted octanol–water partition coefficient (Wildman–Crippen LogP) is 4.82. The first kappa shape index (κ1) is 18.6. The molecule has 144 valence electrons. The molecule has 0 saturated heterocycles. The zero-order chi connectivity index (χ0) is 20.4. The van der Waals surface area contributed by atoms with E-state index >= 15 is 0 Å². The number of hydrogen-bond acceptors (Lipinski definition) is 3. The lowest BCUT2D eigenvalue weighted by Crippen LogP contribution is -2.19. The van der Waals surface area contributed by atoms with Crippen molar-refractivity contribution >= 4 is 11.5 Å². The Hall–Kier alpha value is -3.80. The number of aromatic nitrogens is 3. The van der Waals surface area contributed by atoms with Crippen LogP contribution in [0.25, 0.3) is 16.9 Å². The second kappa shape index (κ2) is 7.67. The lowest BCUT2D eigenvalue weighted by molar-refractivity contribution is 0.627. The molecular formula is C23H19FN4O. The van der Waals surface area contributed by atoms with Gasteiger partial charge in [-0.25, -0.2) is 19.0 Å². The minimum Gasteiger partial charge on any atom is -0.290 e. The van der Waals surface area contributed by atoms with Gasteiger partial charge < -0.3 is 0 Å². The van der Waals surface area contributed by atoms with Crippen LogP contribution in [0.4, 0.5) is 10.2 Å². The third-order valence-corrected chi connectivity index (χ3v) is 4.56. The van der Waals surface area contributed by atoms with Gasteiger partial charge in [0.1, 0.15) is 5.82 Å². The molecular weight excluding hydrogens is 367 g/mol. The van der Waals surface area contributed by atoms with Gasteiger partial charge >= 0.3 is 0 Å². The number of pyridine rings is 1. The summed E-state index contributed by atoms with van der Waals surface area (Å²) in [6.07, 6.45) is 0. The van der Waals surface area contributed by atoms with Gasteiger partial charge in [0.15, 0.2) is 5.82 Å². The number of halogens is 1. The lowest BCUT2D eigenvalue weighted by Gasteiger charge is -2.03. The topological polar surface area (TPSA) is 63.0 Å². The van der Waals surface area contributed by atoms with Crippen molar-refractivity contribution in [2.45, 2.75) is 13.8 Å². The molecule has 2 heterocycles. The molecule has 0 spiro atoms. The van der Waals surface area contributed by atoms with E-state index in [9.17, 15) is 9.18 Å². The van der Waals surface area contributed by atoms with Crippen LogP contribution < -0.4 is 5.56 Å². The summed E-state index contributed by atoms with van der Waals surface area (Å²) in [5.41, 5.74) is 3.62. The van der Waals surface area contributed by atoms with E-state index in [2.05, 4.69) is 15.1 Å². The Morgan fingerprint density at radius 3 is 2.41 bits per heavy atom. The number of nitrogens with one attached hydrogen (secondary N) is 1. The minimum absolute atomic E-state index is 0.260. The molecule has 1 N–H and O–H groups in total. The molecule has 0 radical (unpaired) electrons. The highest BCUT2D eigenvalue weighted by atomic mass is 19.1. The van der Waals surface area contributed by atoms with E-state index in [1.54, 1.807) is 25.1 Å². The summed E-state index contributed by atoms with van der Waals surface area (Å²) in [6, 6.07) is 20.9. The Bertz CT molecular complexity index is 1240. The van der Waals surface area contributed by atoms with Gasteiger partial charge in [0.25, 0.3) is 5.56 Å². The van der Waals surface area contributed by atoms with Gasteiger partial charge in [0.2, 0.25) is 0 Å². The van der Waals surface area contributed by atoms with Gasteiger partial charge in [0, 0.05) is 11.3 Å². The first-order chi connectivity index (χ1) is 14.0. The smallest absolute Gasteiger partial charge is 0.280 e. The molecule has 0 aliphatic heterocycles. The van der Waals surface area contributed by atoms with Crippen molar-refractivity contribution in [1.29, 1.82) is 0 Å². The van der Waals surface area contributed by atoms with Gasteiger partial charge in [-0.3, -0.25) is 9.89 Å². The quantitative estimate of drug-likeness (QED) is 0.511. The van der Waals surface area contributed by atoms with Gasteiger partial charge in [-0.15, -0.1) is 0 Å². The van der Waals surface area contributed by atoms with Crippen LogP contribution in [0.1, 0.15) is 18.2 Å². The van der Waals surface area contributed by atoms with Crippen molar-refractivity contribution in [3.05, 3.63) is 100 Å². The molecule has 0 aliphatic rings. The molecule has 4 aromatic rings. The van der Waals surface area contributed by atoms with Crippen molar-refractivity contribution in [1.82, 2.24) is 14.8 Å². The van der Waals surface area contributed by atoms with Crippen LogP contribution in [-0.2, 0) is 0 Å². The van der Waals surface area contributed by atoms with Crippen molar-refractivity contribution in [3.63, 3.8) is 0 Å². The predicted molar refractivity (Wildman–Crippen MR) is 113 cm³/mol. The Balaban J connectivity index is 1.92. The Morgan fingerprint density at radius 2 is 1.72 bits per heavy atom. The number of rotatable bonds is 4. The van der Waals surface area contributed by atoms with Crippen molar-refractivity contribution in [3.8, 4) is 16.9 Å². The van der Waals surface area contributed by atoms with Gasteiger partial charge in [-0.2, -0.15) is 0 Å². The number of H-pyrrole nitrogens is 1. The molecule has 2 aromatic heterocycles. The Labute approximate surface area is 167 Å². The molecule has 0 saturated carbocycles. The molecule has 0 bridgehead atoms. The first-order valence-electron chi connectivity index (χ1n) is 9.18. The van der Waals surface area contributed by atoms with Crippen molar-refractivity contribution in [2.75, 3.05) is 0 Å². The second-order valence-corrected chi connectivity index (χ2v) is 6.68. The number of hydrogen-bond donors (Lipinski definition) is 1. The maximum Gasteiger partial charge on any atom is 0.280 e. The highest BCUT2D eigenvalue weighted by Gasteiger charge is 2.19. The zero-order valence-corrected chi connectivity index (χ0v) is 16.1. The summed E-state index contributed by atoms with van der Waals surface area (Å²) < 4.78 is 14.7. The van der Waals surface area contributed by atoms with Crippen LogP contribution >= 0.6 is 0 Å². The Morgan fingerprint density at radius 1 is 1.00 bits per heavy atom. The summed E-state index contributed by atoms with van der Waals surface area (Å²) in [4.78, 5) is 22.3. The van der Waals surface area contributed by atoms with Crippen LogP contribution in [0.15, 0.2) is 82.6 Å². The van der Waals surface area contributed by atoms with Gasteiger partial charge in [-0.05, 0) is 50.2 Å². The number of aromatic amines is 1. The lowest BCUT2D eigenvalue weighted by atomic mass is 10.1. The number of aliphatic imine (C=N–C) groups is 1. The molecule has 0 amide bonds. The summed E-state index contributed by atoms with van der Waals surface area (Å²) in [5.74, 6) is 0.176. The van der Waals surface area contributed by atoms with Gasteiger partial charge in [0.05, 0.1) is 22.7 Å². The molecule has 5 nitrogen and oxygen atoms in total. The minimum atomic E-state index is -0.361. The largest absolute Gasteiger partial charge is 0.290 e. The highest BCUT2D eigenvalue weighted by molar-refractivity contribution is 6.04. The third-order valence-electron chi connectivity index (χ3n) is 4.56. The molecule has 0 atom stereocenters.